The number of hydrogen-bond donors (Lipinski definition) is 1. The van der Waals surface area contributed by atoms with Gasteiger partial charge in [-0.15, -0.1) is 12.6 Å². The van der Waals surface area contributed by atoms with Crippen LogP contribution in [0.25, 0.3) is 0 Å². The third-order valence-corrected chi connectivity index (χ3v) is 3.44. The van der Waals surface area contributed by atoms with E-state index in [-0.39, 0.29) is 5.91 Å². The molecule has 0 unspecified atom stereocenters. The molecule has 0 spiro atoms. The van der Waals surface area contributed by atoms with Gasteiger partial charge in [-0.3, -0.25) is 4.79 Å². The zero-order valence-electron chi connectivity index (χ0n) is 9.78. The molecular weight excluding hydrogens is 246 g/mol. The van der Waals surface area contributed by atoms with Gasteiger partial charge < -0.3 is 9.47 Å². The van der Waals surface area contributed by atoms with Gasteiger partial charge in [0.25, 0.3) is 5.91 Å². The monoisotopic (exact) mass is 259 g/mol. The van der Waals surface area contributed by atoms with Crippen molar-refractivity contribution in [2.45, 2.75) is 18.0 Å². The fourth-order valence-electron chi connectivity index (χ4n) is 2.13. The zero-order chi connectivity index (χ0) is 12.5. The van der Waals surface area contributed by atoms with Gasteiger partial charge in [-0.1, -0.05) is 0 Å². The molecule has 4 nitrogen and oxygen atoms in total. The van der Waals surface area contributed by atoms with Crippen molar-refractivity contribution in [3.05, 3.63) is 48.0 Å². The molecule has 0 atom stereocenters. The van der Waals surface area contributed by atoms with Crippen molar-refractivity contribution in [2.24, 2.45) is 0 Å². The van der Waals surface area contributed by atoms with Crippen LogP contribution in [0.15, 0.2) is 41.6 Å². The molecule has 1 amide bonds. The average Bonchev–Trinajstić information content (AvgIpc) is 2.86. The summed E-state index contributed by atoms with van der Waals surface area (Å²) in [5.41, 5.74) is 0.702. The number of amides is 1. The Morgan fingerprint density at radius 2 is 2.00 bits per heavy atom. The molecule has 92 valence electrons. The Bertz CT molecular complexity index is 576. The SMILES string of the molecule is O=C(c1ccc(S)cc1)N1CCn2ccnc2C1. The van der Waals surface area contributed by atoms with E-state index in [1.165, 1.54) is 0 Å². The lowest BCUT2D eigenvalue weighted by Crippen LogP contribution is -2.38. The molecule has 0 bridgehead atoms. The van der Waals surface area contributed by atoms with Gasteiger partial charge in [0.2, 0.25) is 0 Å². The molecule has 5 heteroatoms. The number of hydrogen-bond acceptors (Lipinski definition) is 3. The lowest BCUT2D eigenvalue weighted by molar-refractivity contribution is 0.0707. The first-order valence-electron chi connectivity index (χ1n) is 5.82. The van der Waals surface area contributed by atoms with Gasteiger partial charge >= 0.3 is 0 Å². The predicted molar refractivity (Wildman–Crippen MR) is 70.7 cm³/mol. The van der Waals surface area contributed by atoms with Gasteiger partial charge in [0.1, 0.15) is 5.82 Å². The molecule has 2 aromatic rings. The summed E-state index contributed by atoms with van der Waals surface area (Å²) >= 11 is 4.22. The van der Waals surface area contributed by atoms with Crippen LogP contribution >= 0.6 is 12.6 Å². The summed E-state index contributed by atoms with van der Waals surface area (Å²) in [5.74, 6) is 0.998. The van der Waals surface area contributed by atoms with E-state index in [9.17, 15) is 4.79 Å². The maximum Gasteiger partial charge on any atom is 0.254 e. The fourth-order valence-corrected chi connectivity index (χ4v) is 2.28. The minimum absolute atomic E-state index is 0.0533. The first-order chi connectivity index (χ1) is 8.74. The highest BCUT2D eigenvalue weighted by atomic mass is 32.1. The molecule has 0 N–H and O–H groups in total. The van der Waals surface area contributed by atoms with Crippen LogP contribution in [0, 0.1) is 0 Å². The van der Waals surface area contributed by atoms with Crippen LogP contribution in [-0.4, -0.2) is 26.9 Å². The van der Waals surface area contributed by atoms with Gasteiger partial charge in [0, 0.05) is 35.9 Å². The summed E-state index contributed by atoms with van der Waals surface area (Å²) in [4.78, 5) is 19.3. The molecule has 0 radical (unpaired) electrons. The summed E-state index contributed by atoms with van der Waals surface area (Å²) in [6.45, 7) is 2.12. The largest absolute Gasteiger partial charge is 0.332 e. The number of imidazole rings is 1. The Kier molecular flexibility index (Phi) is 2.83. The molecule has 3 rings (SSSR count). The molecule has 1 aromatic carbocycles. The number of carbonyl (C=O) groups is 1. The first kappa shape index (κ1) is 11.3. The predicted octanol–water partition coefficient (Wildman–Crippen LogP) is 1.83. The quantitative estimate of drug-likeness (QED) is 0.793. The van der Waals surface area contributed by atoms with E-state index in [0.29, 0.717) is 12.1 Å². The van der Waals surface area contributed by atoms with Crippen LogP contribution in [0.1, 0.15) is 16.2 Å². The van der Waals surface area contributed by atoms with E-state index < -0.39 is 0 Å². The summed E-state index contributed by atoms with van der Waals surface area (Å²) < 4.78 is 2.08. The van der Waals surface area contributed by atoms with Gasteiger partial charge in [-0.05, 0) is 24.3 Å². The Morgan fingerprint density at radius 3 is 2.78 bits per heavy atom. The summed E-state index contributed by atoms with van der Waals surface area (Å²) in [5, 5.41) is 0. The van der Waals surface area contributed by atoms with Gasteiger partial charge in [-0.25, -0.2) is 4.98 Å². The number of aromatic nitrogens is 2. The maximum atomic E-state index is 12.3. The molecular formula is C13H13N3OS. The zero-order valence-corrected chi connectivity index (χ0v) is 10.7. The minimum atomic E-state index is 0.0533. The lowest BCUT2D eigenvalue weighted by atomic mass is 10.2. The molecule has 1 aliphatic rings. The van der Waals surface area contributed by atoms with Gasteiger partial charge in [0.15, 0.2) is 0 Å². The van der Waals surface area contributed by atoms with Crippen LogP contribution in [0.2, 0.25) is 0 Å². The van der Waals surface area contributed by atoms with Crippen molar-refractivity contribution in [1.29, 1.82) is 0 Å². The van der Waals surface area contributed by atoms with Crippen molar-refractivity contribution in [1.82, 2.24) is 14.5 Å². The van der Waals surface area contributed by atoms with Crippen LogP contribution in [0.5, 0.6) is 0 Å². The van der Waals surface area contributed by atoms with Crippen molar-refractivity contribution < 1.29 is 4.79 Å². The molecule has 0 saturated heterocycles. The van der Waals surface area contributed by atoms with E-state index in [1.54, 1.807) is 6.20 Å². The number of carbonyl (C=O) groups excluding carboxylic acids is 1. The molecule has 0 fully saturated rings. The van der Waals surface area contributed by atoms with E-state index in [4.69, 9.17) is 0 Å². The second-order valence-electron chi connectivity index (χ2n) is 4.31. The average molecular weight is 259 g/mol. The smallest absolute Gasteiger partial charge is 0.254 e. The van der Waals surface area contributed by atoms with Crippen molar-refractivity contribution >= 4 is 18.5 Å². The lowest BCUT2D eigenvalue weighted by Gasteiger charge is -2.27. The maximum absolute atomic E-state index is 12.3. The normalized spacial score (nSPS) is 14.4. The minimum Gasteiger partial charge on any atom is -0.332 e. The summed E-state index contributed by atoms with van der Waals surface area (Å²) in [6, 6.07) is 7.29. The topological polar surface area (TPSA) is 38.1 Å². The number of benzene rings is 1. The molecule has 0 aliphatic carbocycles. The standard InChI is InChI=1S/C13H13N3OS/c17-13(10-1-3-11(18)4-2-10)16-8-7-15-6-5-14-12(15)9-16/h1-6,18H,7-9H2. The van der Waals surface area contributed by atoms with Crippen molar-refractivity contribution in [3.8, 4) is 0 Å². The van der Waals surface area contributed by atoms with E-state index in [2.05, 4.69) is 22.2 Å². The third-order valence-electron chi connectivity index (χ3n) is 3.15. The highest BCUT2D eigenvalue weighted by molar-refractivity contribution is 7.80. The molecule has 1 aromatic heterocycles. The van der Waals surface area contributed by atoms with Crippen LogP contribution in [0.3, 0.4) is 0 Å². The van der Waals surface area contributed by atoms with E-state index in [1.807, 2.05) is 35.4 Å². The molecule has 0 saturated carbocycles. The molecule has 1 aliphatic heterocycles. The molecule has 2 heterocycles. The number of fused-ring (bicyclic) bond motifs is 1. The van der Waals surface area contributed by atoms with Gasteiger partial charge in [0.05, 0.1) is 6.54 Å². The second-order valence-corrected chi connectivity index (χ2v) is 4.83. The highest BCUT2D eigenvalue weighted by Gasteiger charge is 2.21. The highest BCUT2D eigenvalue weighted by Crippen LogP contribution is 2.15. The van der Waals surface area contributed by atoms with Crippen LogP contribution < -0.4 is 0 Å². The Morgan fingerprint density at radius 1 is 1.22 bits per heavy atom. The number of rotatable bonds is 1. The Balaban J connectivity index is 1.80. The van der Waals surface area contributed by atoms with Crippen molar-refractivity contribution in [3.63, 3.8) is 0 Å². The number of thiol groups is 1. The number of nitrogens with zero attached hydrogens (tertiary/aromatic N) is 3. The van der Waals surface area contributed by atoms with Crippen molar-refractivity contribution in [2.75, 3.05) is 6.54 Å². The third kappa shape index (κ3) is 2.01. The van der Waals surface area contributed by atoms with E-state index in [0.717, 1.165) is 23.8 Å². The Hall–Kier alpha value is -1.75. The first-order valence-corrected chi connectivity index (χ1v) is 6.27. The summed E-state index contributed by atoms with van der Waals surface area (Å²) in [6.07, 6.45) is 3.73. The van der Waals surface area contributed by atoms with Crippen LogP contribution in [-0.2, 0) is 13.1 Å². The van der Waals surface area contributed by atoms with E-state index >= 15 is 0 Å². The Labute approximate surface area is 111 Å². The van der Waals surface area contributed by atoms with Gasteiger partial charge in [-0.2, -0.15) is 0 Å². The fraction of sp³-hybridized carbons (Fsp3) is 0.231. The second kappa shape index (κ2) is 4.49. The summed E-state index contributed by atoms with van der Waals surface area (Å²) in [7, 11) is 0. The van der Waals surface area contributed by atoms with Crippen LogP contribution in [0.4, 0.5) is 0 Å². The molecule has 18 heavy (non-hydrogen) atoms.